The lowest BCUT2D eigenvalue weighted by molar-refractivity contribution is 0.104. The molecule has 156 valence electrons. The average molecular weight is 582 g/mol. The Morgan fingerprint density at radius 3 is 1.56 bits per heavy atom. The fraction of sp³-hybridized carbons (Fsp3) is 0. The standard InChI is InChI=1S/C25H14Br2N2OS2/c26-21-9-15(17-11-28-19-7-3-1-5-13(17)19)24(31-21)23(30)25-16(10-22(27)32-25)18-12-29-20-8-4-2-6-14(18)20/h1-12,28-29H. The number of fused-ring (bicyclic) bond motifs is 2. The van der Waals surface area contributed by atoms with Crippen molar-refractivity contribution in [3.63, 3.8) is 0 Å². The molecule has 2 N–H and O–H groups in total. The minimum atomic E-state index is 0.0389. The first-order chi connectivity index (χ1) is 15.6. The molecule has 3 nitrogen and oxygen atoms in total. The molecule has 4 aromatic heterocycles. The van der Waals surface area contributed by atoms with Gasteiger partial charge >= 0.3 is 0 Å². The third-order valence-electron chi connectivity index (χ3n) is 5.58. The zero-order chi connectivity index (χ0) is 21.8. The molecule has 6 rings (SSSR count). The van der Waals surface area contributed by atoms with Crippen molar-refractivity contribution >= 4 is 82.1 Å². The summed E-state index contributed by atoms with van der Waals surface area (Å²) < 4.78 is 1.87. The maximum Gasteiger partial charge on any atom is 0.214 e. The number of H-pyrrole nitrogens is 2. The zero-order valence-corrected chi connectivity index (χ0v) is 21.2. The van der Waals surface area contributed by atoms with Gasteiger partial charge in [-0.1, -0.05) is 36.4 Å². The molecule has 7 heteroatoms. The highest BCUT2D eigenvalue weighted by molar-refractivity contribution is 9.11. The van der Waals surface area contributed by atoms with Crippen LogP contribution in [0.15, 0.2) is 80.6 Å². The molecule has 0 aliphatic heterocycles. The van der Waals surface area contributed by atoms with Crippen LogP contribution < -0.4 is 0 Å². The van der Waals surface area contributed by atoms with Crippen LogP contribution in [0.2, 0.25) is 0 Å². The van der Waals surface area contributed by atoms with E-state index in [-0.39, 0.29) is 5.78 Å². The molecular weight excluding hydrogens is 568 g/mol. The number of thiophene rings is 2. The molecule has 0 saturated heterocycles. The highest BCUT2D eigenvalue weighted by Crippen LogP contribution is 2.43. The molecule has 0 amide bonds. The number of hydrogen-bond donors (Lipinski definition) is 2. The van der Waals surface area contributed by atoms with Gasteiger partial charge in [0.2, 0.25) is 5.78 Å². The predicted octanol–water partition coefficient (Wildman–Crippen LogP) is 8.86. The van der Waals surface area contributed by atoms with Crippen molar-refractivity contribution < 1.29 is 4.79 Å². The van der Waals surface area contributed by atoms with Crippen molar-refractivity contribution in [3.8, 4) is 22.3 Å². The van der Waals surface area contributed by atoms with E-state index in [1.165, 1.54) is 22.7 Å². The molecule has 0 aliphatic carbocycles. The van der Waals surface area contributed by atoms with Gasteiger partial charge in [-0.3, -0.25) is 4.79 Å². The third kappa shape index (κ3) is 3.23. The Morgan fingerprint density at radius 1 is 0.656 bits per heavy atom. The molecule has 4 heterocycles. The molecule has 0 fully saturated rings. The monoisotopic (exact) mass is 580 g/mol. The zero-order valence-electron chi connectivity index (χ0n) is 16.4. The summed E-state index contributed by atoms with van der Waals surface area (Å²) in [7, 11) is 0. The Labute approximate surface area is 208 Å². The van der Waals surface area contributed by atoms with Crippen LogP contribution in [0, 0.1) is 0 Å². The molecule has 0 bridgehead atoms. The van der Waals surface area contributed by atoms with E-state index < -0.39 is 0 Å². The van der Waals surface area contributed by atoms with E-state index in [4.69, 9.17) is 0 Å². The second-order valence-corrected chi connectivity index (χ2v) is 12.3. The highest BCUT2D eigenvalue weighted by atomic mass is 79.9. The smallest absolute Gasteiger partial charge is 0.214 e. The van der Waals surface area contributed by atoms with E-state index in [0.717, 1.165) is 61.4 Å². The topological polar surface area (TPSA) is 48.6 Å². The number of aromatic nitrogens is 2. The van der Waals surface area contributed by atoms with Crippen molar-refractivity contribution in [2.24, 2.45) is 0 Å². The van der Waals surface area contributed by atoms with Crippen LogP contribution in [0.1, 0.15) is 14.5 Å². The van der Waals surface area contributed by atoms with Crippen LogP contribution in [0.5, 0.6) is 0 Å². The summed E-state index contributed by atoms with van der Waals surface area (Å²) >= 11 is 10.2. The molecule has 0 radical (unpaired) electrons. The van der Waals surface area contributed by atoms with Crippen molar-refractivity contribution in [1.82, 2.24) is 9.97 Å². The Bertz CT molecular complexity index is 1520. The van der Waals surface area contributed by atoms with Crippen LogP contribution in [0.3, 0.4) is 0 Å². The predicted molar refractivity (Wildman–Crippen MR) is 142 cm³/mol. The summed E-state index contributed by atoms with van der Waals surface area (Å²) in [5.41, 5.74) is 6.07. The van der Waals surface area contributed by atoms with Gasteiger partial charge in [0.15, 0.2) is 0 Å². The van der Waals surface area contributed by atoms with E-state index in [2.05, 4.69) is 54.0 Å². The van der Waals surface area contributed by atoms with E-state index in [1.54, 1.807) is 0 Å². The lowest BCUT2D eigenvalue weighted by atomic mass is 10.0. The van der Waals surface area contributed by atoms with Gasteiger partial charge in [0.1, 0.15) is 0 Å². The van der Waals surface area contributed by atoms with Crippen molar-refractivity contribution in [3.05, 3.63) is 90.4 Å². The van der Waals surface area contributed by atoms with E-state index >= 15 is 0 Å². The molecule has 0 unspecified atom stereocenters. The van der Waals surface area contributed by atoms with Crippen LogP contribution >= 0.6 is 54.5 Å². The number of benzene rings is 2. The summed E-state index contributed by atoms with van der Waals surface area (Å²) in [6, 6.07) is 20.4. The Hall–Kier alpha value is -2.45. The second-order valence-electron chi connectivity index (χ2n) is 7.41. The number of carbonyl (C=O) groups excluding carboxylic acids is 1. The summed E-state index contributed by atoms with van der Waals surface area (Å²) in [4.78, 5) is 22.1. The SMILES string of the molecule is O=C(c1sc(Br)cc1-c1c[nH]c2ccccc12)c1sc(Br)cc1-c1c[nH]c2ccccc12. The maximum absolute atomic E-state index is 13.9. The van der Waals surface area contributed by atoms with Gasteiger partial charge in [0, 0.05) is 56.5 Å². The first kappa shape index (κ1) is 20.2. The number of ketones is 1. The van der Waals surface area contributed by atoms with Crippen LogP contribution in [-0.2, 0) is 0 Å². The number of carbonyl (C=O) groups is 1. The molecule has 0 spiro atoms. The summed E-state index contributed by atoms with van der Waals surface area (Å²) in [6.07, 6.45) is 3.97. The normalized spacial score (nSPS) is 11.6. The van der Waals surface area contributed by atoms with E-state index in [9.17, 15) is 4.79 Å². The molecule has 32 heavy (non-hydrogen) atoms. The molecule has 6 aromatic rings. The van der Waals surface area contributed by atoms with Gasteiger partial charge in [0.05, 0.1) is 17.3 Å². The molecule has 2 aromatic carbocycles. The highest BCUT2D eigenvalue weighted by Gasteiger charge is 2.25. The van der Waals surface area contributed by atoms with E-state index in [0.29, 0.717) is 0 Å². The van der Waals surface area contributed by atoms with Crippen molar-refractivity contribution in [1.29, 1.82) is 0 Å². The fourth-order valence-corrected chi connectivity index (χ4v) is 7.34. The van der Waals surface area contributed by atoms with Gasteiger partial charge in [-0.2, -0.15) is 0 Å². The van der Waals surface area contributed by atoms with Gasteiger partial charge < -0.3 is 9.97 Å². The summed E-state index contributed by atoms with van der Waals surface area (Å²) in [6.45, 7) is 0. The largest absolute Gasteiger partial charge is 0.361 e. The molecule has 0 saturated carbocycles. The molecule has 0 atom stereocenters. The second kappa shape index (κ2) is 7.85. The van der Waals surface area contributed by atoms with Crippen LogP contribution in [0.4, 0.5) is 0 Å². The van der Waals surface area contributed by atoms with Crippen molar-refractivity contribution in [2.75, 3.05) is 0 Å². The Balaban J connectivity index is 1.52. The summed E-state index contributed by atoms with van der Waals surface area (Å²) in [5.74, 6) is 0.0389. The van der Waals surface area contributed by atoms with Gasteiger partial charge in [-0.25, -0.2) is 0 Å². The average Bonchev–Trinajstić information content (AvgIpc) is 3.57. The Kier molecular flexibility index (Phi) is 4.95. The van der Waals surface area contributed by atoms with Crippen LogP contribution in [0.25, 0.3) is 44.1 Å². The van der Waals surface area contributed by atoms with E-state index in [1.807, 2.05) is 60.9 Å². The van der Waals surface area contributed by atoms with Gasteiger partial charge in [-0.15, -0.1) is 22.7 Å². The van der Waals surface area contributed by atoms with Gasteiger partial charge in [-0.05, 0) is 56.1 Å². The van der Waals surface area contributed by atoms with Gasteiger partial charge in [0.25, 0.3) is 0 Å². The Morgan fingerprint density at radius 2 is 1.09 bits per heavy atom. The maximum atomic E-state index is 13.9. The fourth-order valence-electron chi connectivity index (χ4n) is 4.15. The first-order valence-electron chi connectivity index (χ1n) is 9.86. The molecule has 0 aliphatic rings. The number of halogens is 2. The van der Waals surface area contributed by atoms with Crippen LogP contribution in [-0.4, -0.2) is 15.8 Å². The quantitative estimate of drug-likeness (QED) is 0.201. The lowest BCUT2D eigenvalue weighted by Crippen LogP contribution is -1.99. The minimum Gasteiger partial charge on any atom is -0.361 e. The number of hydrogen-bond acceptors (Lipinski definition) is 3. The van der Waals surface area contributed by atoms with Crippen molar-refractivity contribution in [2.45, 2.75) is 0 Å². The molecular formula is C25H14Br2N2OS2. The minimum absolute atomic E-state index is 0.0389. The summed E-state index contributed by atoms with van der Waals surface area (Å²) in [5, 5.41) is 2.21. The number of aromatic amines is 2. The number of para-hydroxylation sites is 2. The number of nitrogens with one attached hydrogen (secondary N) is 2. The third-order valence-corrected chi connectivity index (χ3v) is 8.85. The lowest BCUT2D eigenvalue weighted by Gasteiger charge is -2.04. The first-order valence-corrected chi connectivity index (χ1v) is 13.1. The number of rotatable bonds is 4.